The first kappa shape index (κ1) is 16.4. The van der Waals surface area contributed by atoms with E-state index in [2.05, 4.69) is 0 Å². The number of carbonyl (C=O) groups is 2. The molecule has 2 aliphatic rings. The minimum Gasteiger partial charge on any atom is -0.339 e. The van der Waals surface area contributed by atoms with E-state index >= 15 is 0 Å². The maximum absolute atomic E-state index is 12.7. The van der Waals surface area contributed by atoms with E-state index in [0.29, 0.717) is 13.0 Å². The van der Waals surface area contributed by atoms with Crippen LogP contribution in [0.3, 0.4) is 0 Å². The Morgan fingerprint density at radius 2 is 2.00 bits per heavy atom. The van der Waals surface area contributed by atoms with Gasteiger partial charge in [0.05, 0.1) is 6.42 Å². The van der Waals surface area contributed by atoms with Gasteiger partial charge in [-0.05, 0) is 25.3 Å². The summed E-state index contributed by atoms with van der Waals surface area (Å²) in [5, 5.41) is 0. The van der Waals surface area contributed by atoms with Crippen LogP contribution in [0.4, 0.5) is 0 Å². The first-order valence-corrected chi connectivity index (χ1v) is 9.52. The zero-order chi connectivity index (χ0) is 16.2. The molecule has 0 aromatic heterocycles. The molecule has 0 N–H and O–H groups in total. The standard InChI is InChI=1S/C18H24N2O2S/c1-14-4-2-5-15(12-14)13-17(21)20-7-3-6-16(20)18(22)19-8-10-23-11-9-19/h2,4-5,12,16H,3,6-11,13H2,1H3. The highest BCUT2D eigenvalue weighted by atomic mass is 32.2. The van der Waals surface area contributed by atoms with Gasteiger partial charge in [-0.1, -0.05) is 29.8 Å². The van der Waals surface area contributed by atoms with Crippen molar-refractivity contribution in [1.29, 1.82) is 0 Å². The van der Waals surface area contributed by atoms with E-state index in [4.69, 9.17) is 0 Å². The predicted octanol–water partition coefficient (Wildman–Crippen LogP) is 2.10. The summed E-state index contributed by atoms with van der Waals surface area (Å²) < 4.78 is 0. The summed E-state index contributed by atoms with van der Waals surface area (Å²) in [7, 11) is 0. The second-order valence-electron chi connectivity index (χ2n) is 6.35. The molecular formula is C18H24N2O2S. The zero-order valence-corrected chi connectivity index (χ0v) is 14.5. The van der Waals surface area contributed by atoms with Crippen molar-refractivity contribution < 1.29 is 9.59 Å². The number of thioether (sulfide) groups is 1. The van der Waals surface area contributed by atoms with Crippen molar-refractivity contribution in [2.45, 2.75) is 32.2 Å². The van der Waals surface area contributed by atoms with Crippen LogP contribution < -0.4 is 0 Å². The Morgan fingerprint density at radius 1 is 1.22 bits per heavy atom. The van der Waals surface area contributed by atoms with Crippen LogP contribution in [0.15, 0.2) is 24.3 Å². The first-order valence-electron chi connectivity index (χ1n) is 8.37. The lowest BCUT2D eigenvalue weighted by Gasteiger charge is -2.32. The van der Waals surface area contributed by atoms with Crippen molar-refractivity contribution in [2.24, 2.45) is 0 Å². The molecule has 4 nitrogen and oxygen atoms in total. The number of rotatable bonds is 3. The summed E-state index contributed by atoms with van der Waals surface area (Å²) in [5.41, 5.74) is 2.19. The quantitative estimate of drug-likeness (QED) is 0.851. The maximum atomic E-state index is 12.7. The average Bonchev–Trinajstić information content (AvgIpc) is 3.05. The number of nitrogens with zero attached hydrogens (tertiary/aromatic N) is 2. The lowest BCUT2D eigenvalue weighted by atomic mass is 10.1. The van der Waals surface area contributed by atoms with Gasteiger partial charge in [0.2, 0.25) is 11.8 Å². The molecule has 1 atom stereocenters. The van der Waals surface area contributed by atoms with Crippen molar-refractivity contribution in [2.75, 3.05) is 31.1 Å². The highest BCUT2D eigenvalue weighted by molar-refractivity contribution is 7.99. The van der Waals surface area contributed by atoms with Crippen LogP contribution in [-0.2, 0) is 16.0 Å². The molecule has 1 aromatic carbocycles. The van der Waals surface area contributed by atoms with E-state index in [1.807, 2.05) is 52.8 Å². The molecule has 2 fully saturated rings. The molecule has 1 unspecified atom stereocenters. The predicted molar refractivity (Wildman–Crippen MR) is 93.5 cm³/mol. The fraction of sp³-hybridized carbons (Fsp3) is 0.556. The van der Waals surface area contributed by atoms with Crippen LogP contribution in [0.25, 0.3) is 0 Å². The van der Waals surface area contributed by atoms with Crippen LogP contribution in [0, 0.1) is 6.92 Å². The van der Waals surface area contributed by atoms with Crippen molar-refractivity contribution in [3.8, 4) is 0 Å². The fourth-order valence-corrected chi connectivity index (χ4v) is 4.32. The second-order valence-corrected chi connectivity index (χ2v) is 7.57. The Labute approximate surface area is 142 Å². The maximum Gasteiger partial charge on any atom is 0.245 e. The molecule has 124 valence electrons. The normalized spacial score (nSPS) is 21.5. The van der Waals surface area contributed by atoms with Gasteiger partial charge in [-0.3, -0.25) is 9.59 Å². The lowest BCUT2D eigenvalue weighted by molar-refractivity contribution is -0.143. The molecule has 0 radical (unpaired) electrons. The van der Waals surface area contributed by atoms with Crippen LogP contribution >= 0.6 is 11.8 Å². The molecule has 3 rings (SSSR count). The minimum absolute atomic E-state index is 0.0813. The molecule has 23 heavy (non-hydrogen) atoms. The highest BCUT2D eigenvalue weighted by Gasteiger charge is 2.36. The third-order valence-corrected chi connectivity index (χ3v) is 5.56. The smallest absolute Gasteiger partial charge is 0.245 e. The summed E-state index contributed by atoms with van der Waals surface area (Å²) in [6.45, 7) is 4.38. The number of benzene rings is 1. The number of amides is 2. The van der Waals surface area contributed by atoms with E-state index in [9.17, 15) is 9.59 Å². The van der Waals surface area contributed by atoms with Crippen molar-refractivity contribution >= 4 is 23.6 Å². The van der Waals surface area contributed by atoms with Crippen LogP contribution in [0.5, 0.6) is 0 Å². The van der Waals surface area contributed by atoms with Gasteiger partial charge in [0, 0.05) is 31.1 Å². The summed E-state index contributed by atoms with van der Waals surface area (Å²) in [6.07, 6.45) is 2.13. The number of aryl methyl sites for hydroxylation is 1. The summed E-state index contributed by atoms with van der Waals surface area (Å²) >= 11 is 1.89. The molecular weight excluding hydrogens is 308 g/mol. The molecule has 2 aliphatic heterocycles. The highest BCUT2D eigenvalue weighted by Crippen LogP contribution is 2.22. The van der Waals surface area contributed by atoms with Gasteiger partial charge < -0.3 is 9.80 Å². The van der Waals surface area contributed by atoms with E-state index in [0.717, 1.165) is 48.6 Å². The minimum atomic E-state index is -0.240. The molecule has 0 saturated carbocycles. The van der Waals surface area contributed by atoms with Gasteiger partial charge in [-0.25, -0.2) is 0 Å². The van der Waals surface area contributed by atoms with E-state index in [1.165, 1.54) is 0 Å². The third kappa shape index (κ3) is 3.89. The number of likely N-dealkylation sites (tertiary alicyclic amines) is 1. The Morgan fingerprint density at radius 3 is 2.74 bits per heavy atom. The summed E-state index contributed by atoms with van der Waals surface area (Å²) in [4.78, 5) is 29.2. The second kappa shape index (κ2) is 7.39. The van der Waals surface area contributed by atoms with Gasteiger partial charge in [0.25, 0.3) is 0 Å². The molecule has 1 aromatic rings. The molecule has 2 heterocycles. The summed E-state index contributed by atoms with van der Waals surface area (Å²) in [5.74, 6) is 2.25. The molecule has 0 spiro atoms. The van der Waals surface area contributed by atoms with Gasteiger partial charge in [-0.15, -0.1) is 0 Å². The van der Waals surface area contributed by atoms with Gasteiger partial charge in [0.1, 0.15) is 6.04 Å². The molecule has 5 heteroatoms. The van der Waals surface area contributed by atoms with Crippen LogP contribution in [0.2, 0.25) is 0 Å². The summed E-state index contributed by atoms with van der Waals surface area (Å²) in [6, 6.07) is 7.81. The molecule has 2 amide bonds. The van der Waals surface area contributed by atoms with Crippen molar-refractivity contribution in [3.63, 3.8) is 0 Å². The Balaban J connectivity index is 1.65. The monoisotopic (exact) mass is 332 g/mol. The van der Waals surface area contributed by atoms with Crippen LogP contribution in [-0.4, -0.2) is 58.8 Å². The van der Waals surface area contributed by atoms with Crippen molar-refractivity contribution in [3.05, 3.63) is 35.4 Å². The molecule has 2 saturated heterocycles. The van der Waals surface area contributed by atoms with Gasteiger partial charge in [-0.2, -0.15) is 11.8 Å². The number of carbonyl (C=O) groups excluding carboxylic acids is 2. The van der Waals surface area contributed by atoms with Gasteiger partial charge >= 0.3 is 0 Å². The first-order chi connectivity index (χ1) is 11.1. The number of hydrogen-bond acceptors (Lipinski definition) is 3. The SMILES string of the molecule is Cc1cccc(CC(=O)N2CCCC2C(=O)N2CCSCC2)c1. The molecule has 0 aliphatic carbocycles. The topological polar surface area (TPSA) is 40.6 Å². The van der Waals surface area contributed by atoms with Crippen LogP contribution in [0.1, 0.15) is 24.0 Å². The molecule has 0 bridgehead atoms. The van der Waals surface area contributed by atoms with Crippen molar-refractivity contribution in [1.82, 2.24) is 9.80 Å². The van der Waals surface area contributed by atoms with E-state index in [-0.39, 0.29) is 17.9 Å². The number of hydrogen-bond donors (Lipinski definition) is 0. The van der Waals surface area contributed by atoms with E-state index < -0.39 is 0 Å². The Kier molecular flexibility index (Phi) is 5.26. The van der Waals surface area contributed by atoms with E-state index in [1.54, 1.807) is 0 Å². The fourth-order valence-electron chi connectivity index (χ4n) is 3.41. The Hall–Kier alpha value is -1.49. The lowest BCUT2D eigenvalue weighted by Crippen LogP contribution is -2.50. The zero-order valence-electron chi connectivity index (χ0n) is 13.7. The van der Waals surface area contributed by atoms with Gasteiger partial charge in [0.15, 0.2) is 0 Å². The third-order valence-electron chi connectivity index (χ3n) is 4.62. The largest absolute Gasteiger partial charge is 0.339 e. The Bertz CT molecular complexity index is 584. The average molecular weight is 332 g/mol.